The molecule has 0 saturated carbocycles. The Balaban J connectivity index is 1.51. The Morgan fingerprint density at radius 3 is 2.77 bits per heavy atom. The minimum atomic E-state index is -0.0486. The molecule has 1 aromatic heterocycles. The molecular formula is C20H21Cl2N3O. The number of fused-ring (bicyclic) bond motifs is 1. The van der Waals surface area contributed by atoms with Gasteiger partial charge in [0.15, 0.2) is 0 Å². The van der Waals surface area contributed by atoms with Gasteiger partial charge in [-0.15, -0.1) is 0 Å². The fourth-order valence-electron chi connectivity index (χ4n) is 2.92. The Labute approximate surface area is 162 Å². The van der Waals surface area contributed by atoms with Crippen molar-refractivity contribution < 1.29 is 0 Å². The number of hydrogen-bond acceptors (Lipinski definition) is 3. The summed E-state index contributed by atoms with van der Waals surface area (Å²) in [5.41, 5.74) is 1.12. The lowest BCUT2D eigenvalue weighted by molar-refractivity contribution is 0.438. The number of hydrogen-bond donors (Lipinski definition) is 1. The molecule has 1 N–H and O–H groups in total. The zero-order chi connectivity index (χ0) is 18.5. The third-order valence-electron chi connectivity index (χ3n) is 4.33. The van der Waals surface area contributed by atoms with Gasteiger partial charge in [-0.1, -0.05) is 47.5 Å². The van der Waals surface area contributed by atoms with Crippen LogP contribution in [0.5, 0.6) is 0 Å². The second-order valence-electron chi connectivity index (χ2n) is 6.43. The zero-order valence-electron chi connectivity index (χ0n) is 14.6. The molecule has 6 heteroatoms. The Morgan fingerprint density at radius 2 is 1.96 bits per heavy atom. The molecule has 1 unspecified atom stereocenters. The van der Waals surface area contributed by atoms with Crippen molar-refractivity contribution in [3.8, 4) is 0 Å². The Bertz CT molecular complexity index is 955. The molecule has 0 spiro atoms. The lowest BCUT2D eigenvalue weighted by Crippen LogP contribution is -2.36. The van der Waals surface area contributed by atoms with Gasteiger partial charge in [0.1, 0.15) is 0 Å². The molecule has 0 aliphatic heterocycles. The largest absolute Gasteiger partial charge is 0.312 e. The topological polar surface area (TPSA) is 46.9 Å². The molecule has 1 atom stereocenters. The number of aryl methyl sites for hydroxylation is 1. The highest BCUT2D eigenvalue weighted by atomic mass is 35.5. The molecule has 1 heterocycles. The highest BCUT2D eigenvalue weighted by Gasteiger charge is 2.08. The van der Waals surface area contributed by atoms with Crippen molar-refractivity contribution in [2.24, 2.45) is 0 Å². The summed E-state index contributed by atoms with van der Waals surface area (Å²) in [4.78, 5) is 12.5. The second kappa shape index (κ2) is 8.67. The highest BCUT2D eigenvalue weighted by molar-refractivity contribution is 6.42. The summed E-state index contributed by atoms with van der Waals surface area (Å²) in [5, 5.41) is 10.5. The van der Waals surface area contributed by atoms with Gasteiger partial charge in [-0.25, -0.2) is 4.68 Å². The summed E-state index contributed by atoms with van der Waals surface area (Å²) in [6.07, 6.45) is 3.64. The van der Waals surface area contributed by atoms with E-state index in [1.807, 2.05) is 42.5 Å². The molecule has 3 rings (SSSR count). The van der Waals surface area contributed by atoms with Crippen molar-refractivity contribution in [1.82, 2.24) is 15.1 Å². The van der Waals surface area contributed by atoms with Crippen molar-refractivity contribution in [2.75, 3.05) is 6.54 Å². The quantitative estimate of drug-likeness (QED) is 0.612. The van der Waals surface area contributed by atoms with Crippen molar-refractivity contribution >= 4 is 34.0 Å². The van der Waals surface area contributed by atoms with Crippen LogP contribution in [0.4, 0.5) is 0 Å². The van der Waals surface area contributed by atoms with E-state index in [2.05, 4.69) is 17.3 Å². The second-order valence-corrected chi connectivity index (χ2v) is 7.24. The summed E-state index contributed by atoms with van der Waals surface area (Å²) in [6, 6.07) is 13.4. The standard InChI is InChI=1S/C20H21Cl2N3O/c1-14(23-10-4-5-15-8-9-18(21)19(22)11-15)13-25-20(26)17-7-3-2-6-16(17)12-24-25/h2-3,6-9,11-12,14,23H,4-5,10,13H2,1H3. The minimum Gasteiger partial charge on any atom is -0.312 e. The van der Waals surface area contributed by atoms with Crippen LogP contribution in [0.1, 0.15) is 18.9 Å². The number of aromatic nitrogens is 2. The highest BCUT2D eigenvalue weighted by Crippen LogP contribution is 2.23. The maximum absolute atomic E-state index is 12.5. The molecular weight excluding hydrogens is 369 g/mol. The van der Waals surface area contributed by atoms with Crippen LogP contribution in [0, 0.1) is 0 Å². The van der Waals surface area contributed by atoms with E-state index in [0.29, 0.717) is 22.0 Å². The number of halogens is 2. The van der Waals surface area contributed by atoms with E-state index < -0.39 is 0 Å². The van der Waals surface area contributed by atoms with Gasteiger partial charge >= 0.3 is 0 Å². The van der Waals surface area contributed by atoms with Crippen molar-refractivity contribution in [3.63, 3.8) is 0 Å². The third kappa shape index (κ3) is 4.64. The average Bonchev–Trinajstić information content (AvgIpc) is 2.64. The Kier molecular flexibility index (Phi) is 6.30. The molecule has 26 heavy (non-hydrogen) atoms. The summed E-state index contributed by atoms with van der Waals surface area (Å²) in [7, 11) is 0. The number of nitrogens with one attached hydrogen (secondary N) is 1. The van der Waals surface area contributed by atoms with Gasteiger partial charge < -0.3 is 5.32 Å². The van der Waals surface area contributed by atoms with E-state index in [-0.39, 0.29) is 11.6 Å². The van der Waals surface area contributed by atoms with Gasteiger partial charge in [0.05, 0.1) is 28.2 Å². The van der Waals surface area contributed by atoms with Crippen molar-refractivity contribution in [2.45, 2.75) is 32.4 Å². The number of benzene rings is 2. The number of rotatable bonds is 7. The van der Waals surface area contributed by atoms with Crippen LogP contribution >= 0.6 is 23.2 Å². The molecule has 0 aliphatic rings. The molecule has 0 amide bonds. The summed E-state index contributed by atoms with van der Waals surface area (Å²) in [6.45, 7) is 3.45. The van der Waals surface area contributed by atoms with Crippen LogP contribution in [0.25, 0.3) is 10.8 Å². The molecule has 2 aromatic carbocycles. The molecule has 3 aromatic rings. The lowest BCUT2D eigenvalue weighted by Gasteiger charge is -2.15. The molecule has 0 fully saturated rings. The molecule has 136 valence electrons. The van der Waals surface area contributed by atoms with Crippen LogP contribution in [0.3, 0.4) is 0 Å². The van der Waals surface area contributed by atoms with Gasteiger partial charge in [-0.3, -0.25) is 4.79 Å². The van der Waals surface area contributed by atoms with Crippen LogP contribution in [-0.2, 0) is 13.0 Å². The van der Waals surface area contributed by atoms with Crippen LogP contribution in [-0.4, -0.2) is 22.4 Å². The summed E-state index contributed by atoms with van der Waals surface area (Å²) >= 11 is 12.0. The lowest BCUT2D eigenvalue weighted by atomic mass is 10.1. The third-order valence-corrected chi connectivity index (χ3v) is 5.07. The van der Waals surface area contributed by atoms with E-state index in [9.17, 15) is 4.79 Å². The van der Waals surface area contributed by atoms with Gasteiger partial charge in [0.25, 0.3) is 5.56 Å². The Hall–Kier alpha value is -1.88. The smallest absolute Gasteiger partial charge is 0.274 e. The SMILES string of the molecule is CC(Cn1ncc2ccccc2c1=O)NCCCc1ccc(Cl)c(Cl)c1. The monoisotopic (exact) mass is 389 g/mol. The van der Waals surface area contributed by atoms with Gasteiger partial charge in [0, 0.05) is 11.4 Å². The molecule has 0 aliphatic carbocycles. The first-order chi connectivity index (χ1) is 12.5. The van der Waals surface area contributed by atoms with E-state index in [1.54, 1.807) is 6.20 Å². The van der Waals surface area contributed by atoms with Crippen LogP contribution in [0.15, 0.2) is 53.5 Å². The maximum atomic E-state index is 12.5. The van der Waals surface area contributed by atoms with Crippen LogP contribution in [0.2, 0.25) is 10.0 Å². The predicted molar refractivity (Wildman–Crippen MR) is 108 cm³/mol. The summed E-state index contributed by atoms with van der Waals surface area (Å²) in [5.74, 6) is 0. The molecule has 0 saturated heterocycles. The molecule has 0 radical (unpaired) electrons. The average molecular weight is 390 g/mol. The first-order valence-electron chi connectivity index (χ1n) is 8.67. The fourth-order valence-corrected chi connectivity index (χ4v) is 3.24. The van der Waals surface area contributed by atoms with Gasteiger partial charge in [-0.05, 0) is 50.1 Å². The fraction of sp³-hybridized carbons (Fsp3) is 0.300. The number of nitrogens with zero attached hydrogens (tertiary/aromatic N) is 2. The zero-order valence-corrected chi connectivity index (χ0v) is 16.1. The van der Waals surface area contributed by atoms with E-state index in [4.69, 9.17) is 23.2 Å². The van der Waals surface area contributed by atoms with E-state index >= 15 is 0 Å². The maximum Gasteiger partial charge on any atom is 0.274 e. The molecule has 4 nitrogen and oxygen atoms in total. The Morgan fingerprint density at radius 1 is 1.15 bits per heavy atom. The molecule has 0 bridgehead atoms. The summed E-state index contributed by atoms with van der Waals surface area (Å²) < 4.78 is 1.53. The first kappa shape index (κ1) is 18.9. The van der Waals surface area contributed by atoms with E-state index in [0.717, 1.165) is 24.8 Å². The van der Waals surface area contributed by atoms with E-state index in [1.165, 1.54) is 10.2 Å². The van der Waals surface area contributed by atoms with Crippen molar-refractivity contribution in [1.29, 1.82) is 0 Å². The van der Waals surface area contributed by atoms with Gasteiger partial charge in [-0.2, -0.15) is 5.10 Å². The van der Waals surface area contributed by atoms with Crippen LogP contribution < -0.4 is 10.9 Å². The predicted octanol–water partition coefficient (Wildman–Crippen LogP) is 4.31. The van der Waals surface area contributed by atoms with Crippen molar-refractivity contribution in [3.05, 3.63) is 74.6 Å². The minimum absolute atomic E-state index is 0.0486. The normalized spacial score (nSPS) is 12.4. The van der Waals surface area contributed by atoms with Gasteiger partial charge in [0.2, 0.25) is 0 Å². The first-order valence-corrected chi connectivity index (χ1v) is 9.42.